The number of carbonyl (C=O) groups is 1. The molecule has 41 heavy (non-hydrogen) atoms. The van der Waals surface area contributed by atoms with Gasteiger partial charge in [-0.3, -0.25) is 4.79 Å². The predicted octanol–water partition coefficient (Wildman–Crippen LogP) is 6.61. The SMILES string of the molecule is O=C(NC1CCN(C[C@@H]2CCCN3CCCCC23)CC1)c1cc2c(OCc3coc4c(Cl)cccc34)cccc2[nH]1. The molecular formula is C33H39ClN4O3. The fraction of sp³-hybridized carbons (Fsp3) is 0.485. The maximum absolute atomic E-state index is 13.2. The van der Waals surface area contributed by atoms with Gasteiger partial charge in [-0.05, 0) is 81.8 Å². The number of furan rings is 1. The van der Waals surface area contributed by atoms with Crippen LogP contribution in [-0.4, -0.2) is 65.5 Å². The number of piperidine rings is 3. The zero-order valence-electron chi connectivity index (χ0n) is 23.5. The van der Waals surface area contributed by atoms with Gasteiger partial charge in [-0.2, -0.15) is 0 Å². The topological polar surface area (TPSA) is 73.7 Å². The van der Waals surface area contributed by atoms with Crippen LogP contribution in [0.2, 0.25) is 5.02 Å². The number of likely N-dealkylation sites (tertiary alicyclic amines) is 1. The molecule has 5 heterocycles. The maximum atomic E-state index is 13.2. The highest BCUT2D eigenvalue weighted by molar-refractivity contribution is 6.34. The van der Waals surface area contributed by atoms with Crippen molar-refractivity contribution in [3.63, 3.8) is 0 Å². The molecule has 1 unspecified atom stereocenters. The lowest BCUT2D eigenvalue weighted by molar-refractivity contribution is 0.0351. The summed E-state index contributed by atoms with van der Waals surface area (Å²) in [5.74, 6) is 1.48. The number of hydrogen-bond donors (Lipinski definition) is 2. The van der Waals surface area contributed by atoms with Crippen LogP contribution in [0.4, 0.5) is 0 Å². The van der Waals surface area contributed by atoms with Crippen LogP contribution in [0.3, 0.4) is 0 Å². The number of H-pyrrole nitrogens is 1. The highest BCUT2D eigenvalue weighted by Crippen LogP contribution is 2.33. The van der Waals surface area contributed by atoms with E-state index in [2.05, 4.69) is 20.1 Å². The molecule has 1 amide bonds. The van der Waals surface area contributed by atoms with Crippen molar-refractivity contribution in [3.8, 4) is 5.75 Å². The summed E-state index contributed by atoms with van der Waals surface area (Å²) in [4.78, 5) is 22.0. The van der Waals surface area contributed by atoms with Gasteiger partial charge in [0, 0.05) is 53.6 Å². The molecule has 216 valence electrons. The van der Waals surface area contributed by atoms with Crippen molar-refractivity contribution in [2.45, 2.75) is 63.6 Å². The Morgan fingerprint density at radius 1 is 1.00 bits per heavy atom. The number of nitrogens with one attached hydrogen (secondary N) is 2. The fourth-order valence-corrected chi connectivity index (χ4v) is 7.58. The Morgan fingerprint density at radius 2 is 1.85 bits per heavy atom. The van der Waals surface area contributed by atoms with Crippen molar-refractivity contribution >= 4 is 39.4 Å². The number of fused-ring (bicyclic) bond motifs is 3. The largest absolute Gasteiger partial charge is 0.488 e. The van der Waals surface area contributed by atoms with Crippen molar-refractivity contribution < 1.29 is 13.9 Å². The van der Waals surface area contributed by atoms with Crippen molar-refractivity contribution in [3.05, 3.63) is 65.0 Å². The van der Waals surface area contributed by atoms with Gasteiger partial charge in [0.25, 0.3) is 5.91 Å². The average molecular weight is 575 g/mol. The van der Waals surface area contributed by atoms with Crippen LogP contribution < -0.4 is 10.1 Å². The third-order valence-corrected chi connectivity index (χ3v) is 9.83. The van der Waals surface area contributed by atoms with E-state index < -0.39 is 0 Å². The number of aromatic amines is 1. The molecule has 7 nitrogen and oxygen atoms in total. The van der Waals surface area contributed by atoms with Crippen LogP contribution >= 0.6 is 11.6 Å². The number of hydrogen-bond acceptors (Lipinski definition) is 5. The first-order valence-corrected chi connectivity index (χ1v) is 15.7. The molecule has 0 bridgehead atoms. The summed E-state index contributed by atoms with van der Waals surface area (Å²) in [6.45, 7) is 6.28. The smallest absolute Gasteiger partial charge is 0.267 e. The van der Waals surface area contributed by atoms with E-state index in [0.29, 0.717) is 22.9 Å². The fourth-order valence-electron chi connectivity index (χ4n) is 7.36. The van der Waals surface area contributed by atoms with Gasteiger partial charge in [0.15, 0.2) is 5.58 Å². The molecule has 4 aromatic rings. The van der Waals surface area contributed by atoms with Gasteiger partial charge in [-0.25, -0.2) is 0 Å². The molecule has 8 heteroatoms. The second kappa shape index (κ2) is 11.7. The van der Waals surface area contributed by atoms with Gasteiger partial charge < -0.3 is 29.3 Å². The second-order valence-electron chi connectivity index (χ2n) is 12.1. The van der Waals surface area contributed by atoms with Gasteiger partial charge in [0.05, 0.1) is 11.3 Å². The number of halogens is 1. The number of aromatic nitrogens is 1. The van der Waals surface area contributed by atoms with E-state index in [0.717, 1.165) is 65.5 Å². The number of ether oxygens (including phenoxy) is 1. The summed E-state index contributed by atoms with van der Waals surface area (Å²) in [6, 6.07) is 14.5. The van der Waals surface area contributed by atoms with Gasteiger partial charge in [0.1, 0.15) is 18.1 Å². The first-order valence-electron chi connectivity index (χ1n) is 15.3. The minimum Gasteiger partial charge on any atom is -0.488 e. The molecule has 7 rings (SSSR count). The lowest BCUT2D eigenvalue weighted by atomic mass is 9.83. The maximum Gasteiger partial charge on any atom is 0.267 e. The first-order chi connectivity index (χ1) is 20.1. The lowest BCUT2D eigenvalue weighted by Gasteiger charge is -2.46. The summed E-state index contributed by atoms with van der Waals surface area (Å²) in [6.07, 6.45) is 10.6. The summed E-state index contributed by atoms with van der Waals surface area (Å²) in [5, 5.41) is 5.72. The molecule has 0 aliphatic carbocycles. The molecule has 2 atom stereocenters. The lowest BCUT2D eigenvalue weighted by Crippen LogP contribution is -2.52. The molecule has 3 fully saturated rings. The quantitative estimate of drug-likeness (QED) is 0.260. The average Bonchev–Trinajstić information content (AvgIpc) is 3.63. The number of nitrogens with zero attached hydrogens (tertiary/aromatic N) is 2. The Labute approximate surface area is 246 Å². The van der Waals surface area contributed by atoms with E-state index in [-0.39, 0.29) is 11.9 Å². The number of benzene rings is 2. The molecule has 2 N–H and O–H groups in total. The third-order valence-electron chi connectivity index (χ3n) is 9.53. The van der Waals surface area contributed by atoms with E-state index in [1.165, 1.54) is 51.7 Å². The van der Waals surface area contributed by atoms with Gasteiger partial charge >= 0.3 is 0 Å². The van der Waals surface area contributed by atoms with E-state index in [4.69, 9.17) is 20.8 Å². The van der Waals surface area contributed by atoms with Crippen LogP contribution in [0.5, 0.6) is 5.75 Å². The zero-order chi connectivity index (χ0) is 27.8. The van der Waals surface area contributed by atoms with E-state index in [1.54, 1.807) is 6.26 Å². The standard InChI is InChI=1S/C33H39ClN4O3/c34-27-8-3-7-25-23(21-41-32(25)27)20-40-31-11-4-9-28-26(31)18-29(36-28)33(39)35-24-12-16-37(17-13-24)19-22-6-5-15-38-14-2-1-10-30(22)38/h3-4,7-9,11,18,21-22,24,30,36H,1-2,5-6,10,12-17,19-20H2,(H,35,39)/t22-,30?/m0/s1. The summed E-state index contributed by atoms with van der Waals surface area (Å²) >= 11 is 6.26. The molecule has 0 radical (unpaired) electrons. The normalized spacial score (nSPS) is 22.7. The van der Waals surface area contributed by atoms with Crippen molar-refractivity contribution in [2.75, 3.05) is 32.7 Å². The summed E-state index contributed by atoms with van der Waals surface area (Å²) in [7, 11) is 0. The minimum atomic E-state index is -0.0498. The number of carbonyl (C=O) groups excluding carboxylic acids is 1. The highest BCUT2D eigenvalue weighted by Gasteiger charge is 2.34. The highest BCUT2D eigenvalue weighted by atomic mass is 35.5. The van der Waals surface area contributed by atoms with Crippen LogP contribution in [0.1, 0.15) is 61.0 Å². The predicted molar refractivity (Wildman–Crippen MR) is 163 cm³/mol. The van der Waals surface area contributed by atoms with E-state index >= 15 is 0 Å². The van der Waals surface area contributed by atoms with E-state index in [1.807, 2.05) is 42.5 Å². The number of rotatable bonds is 7. The third kappa shape index (κ3) is 5.60. The Hall–Kier alpha value is -3.00. The van der Waals surface area contributed by atoms with Gasteiger partial charge in [0.2, 0.25) is 0 Å². The van der Waals surface area contributed by atoms with Crippen molar-refractivity contribution in [1.29, 1.82) is 0 Å². The molecule has 0 saturated carbocycles. The summed E-state index contributed by atoms with van der Waals surface area (Å²) in [5.41, 5.74) is 3.05. The molecule has 3 aliphatic rings. The molecule has 0 spiro atoms. The van der Waals surface area contributed by atoms with Crippen molar-refractivity contribution in [2.24, 2.45) is 5.92 Å². The minimum absolute atomic E-state index is 0.0498. The van der Waals surface area contributed by atoms with Gasteiger partial charge in [-0.15, -0.1) is 0 Å². The molecule has 2 aromatic heterocycles. The molecule has 3 saturated heterocycles. The Bertz CT molecular complexity index is 1520. The Balaban J connectivity index is 0.951. The monoisotopic (exact) mass is 574 g/mol. The molecule has 3 aliphatic heterocycles. The Kier molecular flexibility index (Phi) is 7.67. The molecule has 2 aromatic carbocycles. The number of amides is 1. The first kappa shape index (κ1) is 26.9. The second-order valence-corrected chi connectivity index (χ2v) is 12.5. The van der Waals surface area contributed by atoms with Crippen LogP contribution in [-0.2, 0) is 6.61 Å². The number of para-hydroxylation sites is 1. The van der Waals surface area contributed by atoms with Crippen LogP contribution in [0.15, 0.2) is 53.1 Å². The van der Waals surface area contributed by atoms with E-state index in [9.17, 15) is 4.79 Å². The summed E-state index contributed by atoms with van der Waals surface area (Å²) < 4.78 is 11.9. The van der Waals surface area contributed by atoms with Gasteiger partial charge in [-0.1, -0.05) is 36.2 Å². The van der Waals surface area contributed by atoms with Crippen LogP contribution in [0, 0.1) is 5.92 Å². The molecular weight excluding hydrogens is 536 g/mol. The Morgan fingerprint density at radius 3 is 2.76 bits per heavy atom. The zero-order valence-corrected chi connectivity index (χ0v) is 24.3. The van der Waals surface area contributed by atoms with Crippen LogP contribution in [0.25, 0.3) is 21.9 Å². The van der Waals surface area contributed by atoms with Crippen molar-refractivity contribution in [1.82, 2.24) is 20.1 Å².